The molecule has 2 aromatic carbocycles. The van der Waals surface area contributed by atoms with E-state index in [2.05, 4.69) is 15.2 Å². The van der Waals surface area contributed by atoms with Crippen molar-refractivity contribution in [3.63, 3.8) is 0 Å². The maximum absolute atomic E-state index is 13.0. The van der Waals surface area contributed by atoms with Gasteiger partial charge in [-0.15, -0.1) is 0 Å². The Balaban J connectivity index is 1.84. The molecule has 3 rings (SSSR count). The van der Waals surface area contributed by atoms with Crippen LogP contribution in [0.3, 0.4) is 0 Å². The van der Waals surface area contributed by atoms with Crippen molar-refractivity contribution < 1.29 is 9.13 Å². The number of hydrogen-bond donors (Lipinski definition) is 2. The number of rotatable bonds is 4. The van der Waals surface area contributed by atoms with Gasteiger partial charge in [0, 0.05) is 5.56 Å². The minimum Gasteiger partial charge on any atom is -0.497 e. The number of halogens is 1. The predicted molar refractivity (Wildman–Crippen MR) is 80.8 cm³/mol. The molecule has 112 valence electrons. The molecule has 0 aliphatic carbocycles. The van der Waals surface area contributed by atoms with Crippen LogP contribution >= 0.6 is 0 Å². The fourth-order valence-corrected chi connectivity index (χ4v) is 2.11. The van der Waals surface area contributed by atoms with Crippen LogP contribution in [0.5, 0.6) is 5.75 Å². The Morgan fingerprint density at radius 2 is 1.77 bits per heavy atom. The molecule has 0 radical (unpaired) electrons. The van der Waals surface area contributed by atoms with Gasteiger partial charge in [-0.05, 0) is 42.0 Å². The van der Waals surface area contributed by atoms with Crippen molar-refractivity contribution in [3.8, 4) is 17.1 Å². The SMILES string of the molecule is COc1ccc(-c2n[nH]c([C@@H](N)c3ccc(F)cc3)n2)cc1. The molecule has 0 unspecified atom stereocenters. The van der Waals surface area contributed by atoms with Gasteiger partial charge in [0.2, 0.25) is 0 Å². The molecular weight excluding hydrogens is 283 g/mol. The van der Waals surface area contributed by atoms with Crippen LogP contribution in [0, 0.1) is 5.82 Å². The van der Waals surface area contributed by atoms with Crippen LogP contribution in [0.1, 0.15) is 17.4 Å². The van der Waals surface area contributed by atoms with Gasteiger partial charge in [0.25, 0.3) is 0 Å². The average Bonchev–Trinajstić information content (AvgIpc) is 3.05. The first-order valence-corrected chi connectivity index (χ1v) is 6.75. The Morgan fingerprint density at radius 1 is 1.09 bits per heavy atom. The molecular formula is C16H15FN4O. The number of methoxy groups -OCH3 is 1. The predicted octanol–water partition coefficient (Wildman–Crippen LogP) is 2.67. The third-order valence-electron chi connectivity index (χ3n) is 3.37. The second kappa shape index (κ2) is 5.95. The van der Waals surface area contributed by atoms with Crippen LogP contribution in [-0.4, -0.2) is 22.3 Å². The van der Waals surface area contributed by atoms with Gasteiger partial charge in [-0.3, -0.25) is 5.10 Å². The topological polar surface area (TPSA) is 76.8 Å². The van der Waals surface area contributed by atoms with Gasteiger partial charge in [0.15, 0.2) is 5.82 Å². The fourth-order valence-electron chi connectivity index (χ4n) is 2.11. The van der Waals surface area contributed by atoms with E-state index in [9.17, 15) is 4.39 Å². The molecule has 0 spiro atoms. The van der Waals surface area contributed by atoms with E-state index in [1.807, 2.05) is 24.3 Å². The Labute approximate surface area is 127 Å². The average molecular weight is 298 g/mol. The van der Waals surface area contributed by atoms with Crippen LogP contribution < -0.4 is 10.5 Å². The first-order valence-electron chi connectivity index (χ1n) is 6.75. The largest absolute Gasteiger partial charge is 0.497 e. The van der Waals surface area contributed by atoms with Gasteiger partial charge >= 0.3 is 0 Å². The normalized spacial score (nSPS) is 12.1. The summed E-state index contributed by atoms with van der Waals surface area (Å²) in [5.74, 6) is 1.54. The Morgan fingerprint density at radius 3 is 2.41 bits per heavy atom. The van der Waals surface area contributed by atoms with Crippen LogP contribution in [0.4, 0.5) is 4.39 Å². The zero-order chi connectivity index (χ0) is 15.5. The van der Waals surface area contributed by atoms with Crippen molar-refractivity contribution in [1.82, 2.24) is 15.2 Å². The highest BCUT2D eigenvalue weighted by Gasteiger charge is 2.14. The number of aromatic amines is 1. The summed E-state index contributed by atoms with van der Waals surface area (Å²) >= 11 is 0. The lowest BCUT2D eigenvalue weighted by Crippen LogP contribution is -2.13. The second-order valence-corrected chi connectivity index (χ2v) is 4.80. The number of hydrogen-bond acceptors (Lipinski definition) is 4. The molecule has 1 heterocycles. The maximum Gasteiger partial charge on any atom is 0.181 e. The lowest BCUT2D eigenvalue weighted by Gasteiger charge is -2.07. The molecule has 0 aliphatic rings. The highest BCUT2D eigenvalue weighted by molar-refractivity contribution is 5.56. The van der Waals surface area contributed by atoms with Crippen molar-refractivity contribution in [2.75, 3.05) is 7.11 Å². The Kier molecular flexibility index (Phi) is 3.84. The van der Waals surface area contributed by atoms with E-state index in [4.69, 9.17) is 10.5 Å². The summed E-state index contributed by atoms with van der Waals surface area (Å²) in [7, 11) is 1.61. The Bertz CT molecular complexity index is 753. The molecule has 3 aromatic rings. The van der Waals surface area contributed by atoms with Gasteiger partial charge in [-0.25, -0.2) is 9.37 Å². The monoisotopic (exact) mass is 298 g/mol. The second-order valence-electron chi connectivity index (χ2n) is 4.80. The molecule has 0 saturated heterocycles. The number of nitrogens with zero attached hydrogens (tertiary/aromatic N) is 2. The van der Waals surface area contributed by atoms with E-state index in [0.29, 0.717) is 11.6 Å². The van der Waals surface area contributed by atoms with Gasteiger partial charge in [-0.1, -0.05) is 12.1 Å². The van der Waals surface area contributed by atoms with E-state index < -0.39 is 6.04 Å². The highest BCUT2D eigenvalue weighted by Crippen LogP contribution is 2.22. The molecule has 1 atom stereocenters. The number of H-pyrrole nitrogens is 1. The maximum atomic E-state index is 13.0. The summed E-state index contributed by atoms with van der Waals surface area (Å²) in [6, 6.07) is 12.9. The number of benzene rings is 2. The lowest BCUT2D eigenvalue weighted by atomic mass is 10.1. The van der Waals surface area contributed by atoms with Crippen molar-refractivity contribution >= 4 is 0 Å². The van der Waals surface area contributed by atoms with Crippen LogP contribution in [0.15, 0.2) is 48.5 Å². The Hall–Kier alpha value is -2.73. The molecule has 0 amide bonds. The van der Waals surface area contributed by atoms with Gasteiger partial charge in [0.1, 0.15) is 17.4 Å². The van der Waals surface area contributed by atoms with Crippen molar-refractivity contribution in [2.24, 2.45) is 5.73 Å². The standard InChI is InChI=1S/C16H15FN4O/c1-22-13-8-4-11(5-9-13)15-19-16(21-20-15)14(18)10-2-6-12(17)7-3-10/h2-9,14H,18H2,1H3,(H,19,20,21)/t14-/m0/s1. The van der Waals surface area contributed by atoms with Crippen molar-refractivity contribution in [1.29, 1.82) is 0 Å². The van der Waals surface area contributed by atoms with Gasteiger partial charge < -0.3 is 10.5 Å². The highest BCUT2D eigenvalue weighted by atomic mass is 19.1. The van der Waals surface area contributed by atoms with Crippen LogP contribution in [0.2, 0.25) is 0 Å². The molecule has 3 N–H and O–H groups in total. The zero-order valence-electron chi connectivity index (χ0n) is 12.0. The summed E-state index contributed by atoms with van der Waals surface area (Å²) < 4.78 is 18.1. The third kappa shape index (κ3) is 2.82. The summed E-state index contributed by atoms with van der Waals surface area (Å²) in [5.41, 5.74) is 7.75. The van der Waals surface area contributed by atoms with Crippen LogP contribution in [-0.2, 0) is 0 Å². The molecule has 0 fully saturated rings. The van der Waals surface area contributed by atoms with Gasteiger partial charge in [-0.2, -0.15) is 5.10 Å². The summed E-state index contributed by atoms with van der Waals surface area (Å²) in [5, 5.41) is 7.01. The number of nitrogens with one attached hydrogen (secondary N) is 1. The molecule has 5 nitrogen and oxygen atoms in total. The zero-order valence-corrected chi connectivity index (χ0v) is 12.0. The number of aromatic nitrogens is 3. The molecule has 6 heteroatoms. The molecule has 22 heavy (non-hydrogen) atoms. The van der Waals surface area contributed by atoms with E-state index >= 15 is 0 Å². The first kappa shape index (κ1) is 14.2. The minimum absolute atomic E-state index is 0.299. The third-order valence-corrected chi connectivity index (χ3v) is 3.37. The van der Waals surface area contributed by atoms with Crippen molar-refractivity contribution in [3.05, 3.63) is 65.7 Å². The lowest BCUT2D eigenvalue weighted by molar-refractivity contribution is 0.415. The van der Waals surface area contributed by atoms with Crippen molar-refractivity contribution in [2.45, 2.75) is 6.04 Å². The van der Waals surface area contributed by atoms with Crippen LogP contribution in [0.25, 0.3) is 11.4 Å². The van der Waals surface area contributed by atoms with E-state index in [-0.39, 0.29) is 5.82 Å². The molecule has 0 saturated carbocycles. The summed E-state index contributed by atoms with van der Waals surface area (Å²) in [6.45, 7) is 0. The summed E-state index contributed by atoms with van der Waals surface area (Å²) in [4.78, 5) is 4.41. The first-order chi connectivity index (χ1) is 10.7. The van der Waals surface area contributed by atoms with E-state index in [1.54, 1.807) is 19.2 Å². The minimum atomic E-state index is -0.486. The molecule has 0 bridgehead atoms. The smallest absolute Gasteiger partial charge is 0.181 e. The molecule has 1 aromatic heterocycles. The number of nitrogens with two attached hydrogens (primary N) is 1. The quantitative estimate of drug-likeness (QED) is 0.776. The fraction of sp³-hybridized carbons (Fsp3) is 0.125. The number of ether oxygens (including phenoxy) is 1. The van der Waals surface area contributed by atoms with E-state index in [1.165, 1.54) is 12.1 Å². The van der Waals surface area contributed by atoms with E-state index in [0.717, 1.165) is 16.9 Å². The summed E-state index contributed by atoms with van der Waals surface area (Å²) in [6.07, 6.45) is 0. The van der Waals surface area contributed by atoms with Gasteiger partial charge in [0.05, 0.1) is 13.2 Å². The molecule has 0 aliphatic heterocycles.